The fraction of sp³-hybridized carbons (Fsp3) is 0.792. The number of hydrogen-bond donors (Lipinski definition) is 0. The summed E-state index contributed by atoms with van der Waals surface area (Å²) in [5.74, 6) is -2.70. The number of carbonyl (C=O) groups excluding carboxylic acids is 4. The highest BCUT2D eigenvalue weighted by Gasteiger charge is 2.72. The number of alkyl halides is 1. The van der Waals surface area contributed by atoms with Crippen LogP contribution in [0.2, 0.25) is 0 Å². The molecule has 5 rings (SSSR count). The predicted molar refractivity (Wildman–Crippen MR) is 143 cm³/mol. The summed E-state index contributed by atoms with van der Waals surface area (Å²) in [6.07, 6.45) is 6.32. The molecule has 6 atom stereocenters. The molecule has 5 heterocycles. The smallest absolute Gasteiger partial charge is 0.333 e. The zero-order valence-electron chi connectivity index (χ0n) is 22.2. The van der Waals surface area contributed by atoms with Crippen molar-refractivity contribution < 1.29 is 37.1 Å². The number of amides is 2. The van der Waals surface area contributed by atoms with E-state index >= 15 is 0 Å². The van der Waals surface area contributed by atoms with E-state index in [-0.39, 0.29) is 11.3 Å². The standard InChI is InChI=1S/C24H33ClN4O8S2/c1-23(2)15(28-18(31)14(19(28)38-23)26-11-27-9-7-5-6-8-10-27)21(32)36-12-37-22(33)16-24(3,4)39(34,35)20-13(25)17(30)29(16)20/h11,13-16,19-20H,5-10,12H2,1-4H3/t13-,14?,15-,16-,19+,20+/m0/s1. The number of nitrogens with zero attached hydrogens (tertiary/aromatic N) is 4. The summed E-state index contributed by atoms with van der Waals surface area (Å²) < 4.78 is 33.7. The second-order valence-electron chi connectivity index (χ2n) is 11.6. The van der Waals surface area contributed by atoms with E-state index in [0.717, 1.165) is 30.8 Å². The van der Waals surface area contributed by atoms with E-state index in [4.69, 9.17) is 21.1 Å². The van der Waals surface area contributed by atoms with Gasteiger partial charge in [0.1, 0.15) is 27.6 Å². The van der Waals surface area contributed by atoms with Crippen molar-refractivity contribution in [1.82, 2.24) is 14.7 Å². The van der Waals surface area contributed by atoms with Crippen LogP contribution in [0.5, 0.6) is 0 Å². The summed E-state index contributed by atoms with van der Waals surface area (Å²) in [4.78, 5) is 60.2. The highest BCUT2D eigenvalue weighted by Crippen LogP contribution is 2.52. The molecule has 0 saturated carbocycles. The van der Waals surface area contributed by atoms with Gasteiger partial charge >= 0.3 is 11.9 Å². The lowest BCUT2D eigenvalue weighted by atomic mass is 9.96. The number of halogens is 1. The molecule has 2 amide bonds. The maximum atomic E-state index is 13.1. The minimum absolute atomic E-state index is 0.265. The SMILES string of the molecule is CC1(C)S[C@@H]2C(N=CN3CCCCCC3)C(=O)N2[C@H]1C(=O)OCOC(=O)[C@@H]1N2C(=O)[C@H](Cl)[C@H]2S(=O)(=O)C1(C)C. The normalized spacial score (nSPS) is 36.1. The number of fused-ring (bicyclic) bond motifs is 2. The predicted octanol–water partition coefficient (Wildman–Crippen LogP) is 0.717. The fourth-order valence-electron chi connectivity index (χ4n) is 6.02. The van der Waals surface area contributed by atoms with Crippen LogP contribution in [0.1, 0.15) is 53.4 Å². The fourth-order valence-corrected chi connectivity index (χ4v) is 10.4. The number of hydrogen-bond acceptors (Lipinski definition) is 10. The number of likely N-dealkylation sites (tertiary alicyclic amines) is 1. The van der Waals surface area contributed by atoms with Crippen LogP contribution in [0.3, 0.4) is 0 Å². The third-order valence-electron chi connectivity index (χ3n) is 8.30. The third kappa shape index (κ3) is 4.32. The molecule has 15 heteroatoms. The molecule has 5 fully saturated rings. The van der Waals surface area contributed by atoms with E-state index in [1.807, 2.05) is 13.8 Å². The van der Waals surface area contributed by atoms with Gasteiger partial charge in [0.05, 0.1) is 6.34 Å². The Morgan fingerprint density at radius 3 is 2.21 bits per heavy atom. The first-order valence-electron chi connectivity index (χ1n) is 13.0. The van der Waals surface area contributed by atoms with E-state index in [2.05, 4.69) is 9.89 Å². The lowest BCUT2D eigenvalue weighted by Crippen LogP contribution is -2.65. The first-order valence-corrected chi connectivity index (χ1v) is 15.9. The Morgan fingerprint density at radius 2 is 1.59 bits per heavy atom. The summed E-state index contributed by atoms with van der Waals surface area (Å²) in [6.45, 7) is 7.36. The molecule has 39 heavy (non-hydrogen) atoms. The summed E-state index contributed by atoms with van der Waals surface area (Å²) >= 11 is 7.37. The average molecular weight is 605 g/mol. The average Bonchev–Trinajstić information content (AvgIpc) is 3.03. The Kier molecular flexibility index (Phi) is 7.15. The van der Waals surface area contributed by atoms with Crippen LogP contribution in [0.4, 0.5) is 0 Å². The topological polar surface area (TPSA) is 143 Å². The second-order valence-corrected chi connectivity index (χ2v) is 16.4. The summed E-state index contributed by atoms with van der Waals surface area (Å²) in [7, 11) is -3.94. The molecule has 5 aliphatic heterocycles. The highest BCUT2D eigenvalue weighted by atomic mass is 35.5. The molecule has 0 radical (unpaired) electrons. The third-order valence-corrected chi connectivity index (χ3v) is 13.3. The van der Waals surface area contributed by atoms with Crippen LogP contribution in [-0.2, 0) is 38.5 Å². The molecule has 1 unspecified atom stereocenters. The number of rotatable bonds is 6. The van der Waals surface area contributed by atoms with Gasteiger partial charge in [-0.05, 0) is 40.5 Å². The van der Waals surface area contributed by atoms with Gasteiger partial charge in [-0.3, -0.25) is 14.6 Å². The van der Waals surface area contributed by atoms with Gasteiger partial charge < -0.3 is 24.2 Å². The number of ether oxygens (including phenoxy) is 2. The molecule has 0 aliphatic carbocycles. The van der Waals surface area contributed by atoms with Gasteiger partial charge in [0, 0.05) is 17.8 Å². The van der Waals surface area contributed by atoms with Crippen molar-refractivity contribution in [1.29, 1.82) is 0 Å². The Morgan fingerprint density at radius 1 is 1.00 bits per heavy atom. The zero-order chi connectivity index (χ0) is 28.5. The molecule has 5 aliphatic rings. The van der Waals surface area contributed by atoms with Gasteiger partial charge in [0.2, 0.25) is 12.7 Å². The number of thioether (sulfide) groups is 1. The molecule has 0 bridgehead atoms. The minimum atomic E-state index is -3.94. The summed E-state index contributed by atoms with van der Waals surface area (Å²) in [6, 6.07) is -2.91. The van der Waals surface area contributed by atoms with Crippen molar-refractivity contribution in [2.45, 2.75) is 97.1 Å². The zero-order valence-corrected chi connectivity index (χ0v) is 24.6. The quantitative estimate of drug-likeness (QED) is 0.106. The molecule has 0 aromatic rings. The largest absolute Gasteiger partial charge is 0.426 e. The van der Waals surface area contributed by atoms with Gasteiger partial charge in [-0.25, -0.2) is 18.0 Å². The summed E-state index contributed by atoms with van der Waals surface area (Å²) in [5, 5.41) is -2.87. The molecule has 0 spiro atoms. The van der Waals surface area contributed by atoms with Crippen LogP contribution < -0.4 is 0 Å². The van der Waals surface area contributed by atoms with Crippen molar-refractivity contribution in [3.63, 3.8) is 0 Å². The molecular formula is C24H33ClN4O8S2. The molecular weight excluding hydrogens is 572 g/mol. The highest BCUT2D eigenvalue weighted by molar-refractivity contribution is 8.01. The molecule has 0 aromatic heterocycles. The Balaban J connectivity index is 1.19. The van der Waals surface area contributed by atoms with E-state index in [1.54, 1.807) is 6.34 Å². The molecule has 5 saturated heterocycles. The van der Waals surface area contributed by atoms with Crippen molar-refractivity contribution in [2.24, 2.45) is 4.99 Å². The first kappa shape index (κ1) is 28.5. The number of esters is 2. The van der Waals surface area contributed by atoms with E-state index in [9.17, 15) is 27.6 Å². The van der Waals surface area contributed by atoms with Gasteiger partial charge in [0.15, 0.2) is 21.3 Å². The van der Waals surface area contributed by atoms with E-state index in [1.165, 1.54) is 43.4 Å². The van der Waals surface area contributed by atoms with Crippen molar-refractivity contribution in [3.05, 3.63) is 0 Å². The van der Waals surface area contributed by atoms with Gasteiger partial charge in [-0.1, -0.05) is 12.8 Å². The Labute approximate surface area is 236 Å². The van der Waals surface area contributed by atoms with Gasteiger partial charge in [-0.15, -0.1) is 23.4 Å². The van der Waals surface area contributed by atoms with Crippen LogP contribution in [0.15, 0.2) is 4.99 Å². The van der Waals surface area contributed by atoms with Crippen LogP contribution in [-0.4, -0.2) is 117 Å². The van der Waals surface area contributed by atoms with E-state index in [0.29, 0.717) is 0 Å². The Hall–Kier alpha value is -2.06. The lowest BCUT2D eigenvalue weighted by molar-refractivity contribution is -0.180. The lowest BCUT2D eigenvalue weighted by Gasteiger charge is -2.42. The Bertz CT molecular complexity index is 1220. The number of carbonyl (C=O) groups is 4. The minimum Gasteiger partial charge on any atom is -0.426 e. The van der Waals surface area contributed by atoms with Crippen molar-refractivity contribution in [2.75, 3.05) is 19.9 Å². The monoisotopic (exact) mass is 604 g/mol. The molecule has 12 nitrogen and oxygen atoms in total. The van der Waals surface area contributed by atoms with E-state index < -0.39 is 72.8 Å². The van der Waals surface area contributed by atoms with Gasteiger partial charge in [0.25, 0.3) is 5.91 Å². The van der Waals surface area contributed by atoms with Crippen molar-refractivity contribution in [3.8, 4) is 0 Å². The molecule has 0 N–H and O–H groups in total. The number of β-lactam (4-membered cyclic amide) rings is 2. The van der Waals surface area contributed by atoms with Crippen LogP contribution >= 0.6 is 23.4 Å². The number of sulfone groups is 1. The summed E-state index contributed by atoms with van der Waals surface area (Å²) in [5.41, 5.74) is 0. The van der Waals surface area contributed by atoms with Crippen molar-refractivity contribution >= 4 is 63.3 Å². The van der Waals surface area contributed by atoms with Crippen LogP contribution in [0.25, 0.3) is 0 Å². The van der Waals surface area contributed by atoms with Crippen LogP contribution in [0, 0.1) is 0 Å². The van der Waals surface area contributed by atoms with Gasteiger partial charge in [-0.2, -0.15) is 0 Å². The number of aliphatic imine (C=N–C) groups is 1. The maximum absolute atomic E-state index is 13.1. The molecule has 216 valence electrons. The molecule has 0 aromatic carbocycles. The maximum Gasteiger partial charge on any atom is 0.333 e. The second kappa shape index (κ2) is 9.79. The first-order chi connectivity index (χ1) is 18.2.